The number of hydrogen-bond acceptors (Lipinski definition) is 4. The average molecular weight is 262 g/mol. The van der Waals surface area contributed by atoms with Crippen LogP contribution in [-0.4, -0.2) is 29.6 Å². The highest BCUT2D eigenvalue weighted by atomic mass is 15.3. The maximum absolute atomic E-state index is 4.81. The minimum absolute atomic E-state index is 0.634. The molecule has 2 rings (SSSR count). The van der Waals surface area contributed by atoms with Crippen LogP contribution in [0.1, 0.15) is 58.1 Å². The molecule has 1 aliphatic rings. The van der Waals surface area contributed by atoms with Crippen molar-refractivity contribution >= 4 is 11.8 Å². The van der Waals surface area contributed by atoms with Crippen molar-refractivity contribution in [3.05, 3.63) is 11.8 Å². The van der Waals surface area contributed by atoms with E-state index in [9.17, 15) is 0 Å². The maximum atomic E-state index is 4.81. The third kappa shape index (κ3) is 3.37. The summed E-state index contributed by atoms with van der Waals surface area (Å²) < 4.78 is 0. The number of rotatable bonds is 6. The number of nitrogens with one attached hydrogen (secondary N) is 1. The van der Waals surface area contributed by atoms with E-state index in [0.717, 1.165) is 31.4 Å². The van der Waals surface area contributed by atoms with E-state index in [2.05, 4.69) is 42.0 Å². The van der Waals surface area contributed by atoms with Crippen LogP contribution < -0.4 is 10.2 Å². The lowest BCUT2D eigenvalue weighted by Crippen LogP contribution is -2.25. The molecule has 1 saturated carbocycles. The Morgan fingerprint density at radius 1 is 1.16 bits per heavy atom. The summed E-state index contributed by atoms with van der Waals surface area (Å²) >= 11 is 0. The molecule has 4 heteroatoms. The first-order valence-electron chi connectivity index (χ1n) is 7.66. The van der Waals surface area contributed by atoms with Gasteiger partial charge in [0.2, 0.25) is 5.95 Å². The predicted molar refractivity (Wildman–Crippen MR) is 81.0 cm³/mol. The van der Waals surface area contributed by atoms with Crippen molar-refractivity contribution in [2.75, 3.05) is 29.9 Å². The van der Waals surface area contributed by atoms with Crippen LogP contribution in [0.5, 0.6) is 0 Å². The molecule has 1 fully saturated rings. The lowest BCUT2D eigenvalue weighted by molar-refractivity contribution is 0.687. The number of anilines is 2. The predicted octanol–water partition coefficient (Wildman–Crippen LogP) is 3.41. The van der Waals surface area contributed by atoms with Crippen LogP contribution in [0.4, 0.5) is 11.8 Å². The third-order valence-corrected chi connectivity index (χ3v) is 3.91. The molecule has 0 radical (unpaired) electrons. The molecule has 0 bridgehead atoms. The Labute approximate surface area is 116 Å². The van der Waals surface area contributed by atoms with Crippen LogP contribution in [0.2, 0.25) is 0 Å². The van der Waals surface area contributed by atoms with Gasteiger partial charge in [-0.15, -0.1) is 0 Å². The van der Waals surface area contributed by atoms with Gasteiger partial charge in [0.1, 0.15) is 5.82 Å². The molecule has 0 saturated heterocycles. The van der Waals surface area contributed by atoms with Crippen LogP contribution >= 0.6 is 0 Å². The second kappa shape index (κ2) is 6.73. The standard InChI is InChI=1S/C15H26N4/c1-4-16-14-11-13(12-9-7-8-10-12)17-15(18-14)19(5-2)6-3/h11-12H,4-10H2,1-3H3,(H,16,17,18). The van der Waals surface area contributed by atoms with Crippen molar-refractivity contribution in [2.24, 2.45) is 0 Å². The first kappa shape index (κ1) is 14.1. The Morgan fingerprint density at radius 3 is 2.42 bits per heavy atom. The highest BCUT2D eigenvalue weighted by Gasteiger charge is 2.20. The van der Waals surface area contributed by atoms with Crippen molar-refractivity contribution in [1.82, 2.24) is 9.97 Å². The first-order valence-corrected chi connectivity index (χ1v) is 7.66. The summed E-state index contributed by atoms with van der Waals surface area (Å²) in [5.74, 6) is 2.49. The van der Waals surface area contributed by atoms with Crippen molar-refractivity contribution < 1.29 is 0 Å². The fourth-order valence-electron chi connectivity index (χ4n) is 2.80. The fraction of sp³-hybridized carbons (Fsp3) is 0.733. The van der Waals surface area contributed by atoms with E-state index in [1.54, 1.807) is 0 Å². The van der Waals surface area contributed by atoms with E-state index >= 15 is 0 Å². The average Bonchev–Trinajstić information content (AvgIpc) is 2.94. The second-order valence-corrected chi connectivity index (χ2v) is 5.16. The van der Waals surface area contributed by atoms with Gasteiger partial charge in [-0.1, -0.05) is 12.8 Å². The zero-order valence-corrected chi connectivity index (χ0v) is 12.4. The molecule has 0 aromatic carbocycles. The minimum atomic E-state index is 0.634. The molecule has 106 valence electrons. The molecule has 19 heavy (non-hydrogen) atoms. The highest BCUT2D eigenvalue weighted by Crippen LogP contribution is 2.34. The van der Waals surface area contributed by atoms with Gasteiger partial charge in [0.25, 0.3) is 0 Å². The van der Waals surface area contributed by atoms with Crippen molar-refractivity contribution in [3.63, 3.8) is 0 Å². The Bertz CT molecular complexity index is 375. The van der Waals surface area contributed by atoms with Crippen LogP contribution in [0.15, 0.2) is 6.07 Å². The van der Waals surface area contributed by atoms with Gasteiger partial charge in [-0.3, -0.25) is 0 Å². The molecule has 0 atom stereocenters. The van der Waals surface area contributed by atoms with Gasteiger partial charge in [-0.05, 0) is 33.6 Å². The zero-order chi connectivity index (χ0) is 13.7. The SMILES string of the molecule is CCNc1cc(C2CCCC2)nc(N(CC)CC)n1. The van der Waals surface area contributed by atoms with Crippen molar-refractivity contribution in [2.45, 2.75) is 52.4 Å². The van der Waals surface area contributed by atoms with E-state index in [1.165, 1.54) is 31.4 Å². The Morgan fingerprint density at radius 2 is 1.84 bits per heavy atom. The minimum Gasteiger partial charge on any atom is -0.370 e. The van der Waals surface area contributed by atoms with Crippen LogP contribution in [0, 0.1) is 0 Å². The molecule has 0 unspecified atom stereocenters. The van der Waals surface area contributed by atoms with E-state index in [1.807, 2.05) is 0 Å². The monoisotopic (exact) mass is 262 g/mol. The third-order valence-electron chi connectivity index (χ3n) is 3.91. The summed E-state index contributed by atoms with van der Waals surface area (Å²) in [4.78, 5) is 11.7. The van der Waals surface area contributed by atoms with Crippen LogP contribution in [0.3, 0.4) is 0 Å². The van der Waals surface area contributed by atoms with E-state index in [4.69, 9.17) is 4.98 Å². The summed E-state index contributed by atoms with van der Waals surface area (Å²) in [6, 6.07) is 2.15. The summed E-state index contributed by atoms with van der Waals surface area (Å²) in [6.45, 7) is 9.23. The van der Waals surface area contributed by atoms with Crippen molar-refractivity contribution in [3.8, 4) is 0 Å². The molecule has 0 aliphatic heterocycles. The van der Waals surface area contributed by atoms with Gasteiger partial charge >= 0.3 is 0 Å². The maximum Gasteiger partial charge on any atom is 0.227 e. The van der Waals surface area contributed by atoms with Gasteiger partial charge in [0.05, 0.1) is 5.69 Å². The van der Waals surface area contributed by atoms with E-state index in [-0.39, 0.29) is 0 Å². The smallest absolute Gasteiger partial charge is 0.227 e. The van der Waals surface area contributed by atoms with Crippen LogP contribution in [-0.2, 0) is 0 Å². The Balaban J connectivity index is 2.30. The lowest BCUT2D eigenvalue weighted by Gasteiger charge is -2.21. The molecule has 1 aromatic heterocycles. The Hall–Kier alpha value is -1.32. The quantitative estimate of drug-likeness (QED) is 0.853. The van der Waals surface area contributed by atoms with E-state index in [0.29, 0.717) is 5.92 Å². The highest BCUT2D eigenvalue weighted by molar-refractivity contribution is 5.44. The van der Waals surface area contributed by atoms with Gasteiger partial charge in [0, 0.05) is 31.6 Å². The number of aromatic nitrogens is 2. The van der Waals surface area contributed by atoms with Crippen molar-refractivity contribution in [1.29, 1.82) is 0 Å². The van der Waals surface area contributed by atoms with Gasteiger partial charge in [-0.2, -0.15) is 4.98 Å². The largest absolute Gasteiger partial charge is 0.370 e. The van der Waals surface area contributed by atoms with Crippen LogP contribution in [0.25, 0.3) is 0 Å². The molecular formula is C15H26N4. The molecule has 0 spiro atoms. The molecular weight excluding hydrogens is 236 g/mol. The second-order valence-electron chi connectivity index (χ2n) is 5.16. The fourth-order valence-corrected chi connectivity index (χ4v) is 2.80. The summed E-state index contributed by atoms with van der Waals surface area (Å²) in [6.07, 6.45) is 5.23. The lowest BCUT2D eigenvalue weighted by atomic mass is 10.0. The molecule has 4 nitrogen and oxygen atoms in total. The molecule has 1 aliphatic carbocycles. The van der Waals surface area contributed by atoms with E-state index < -0.39 is 0 Å². The zero-order valence-electron chi connectivity index (χ0n) is 12.4. The summed E-state index contributed by atoms with van der Waals surface area (Å²) in [7, 11) is 0. The molecule has 0 amide bonds. The summed E-state index contributed by atoms with van der Waals surface area (Å²) in [5, 5.41) is 3.34. The topological polar surface area (TPSA) is 41.1 Å². The first-order chi connectivity index (χ1) is 9.28. The van der Waals surface area contributed by atoms with Gasteiger partial charge in [-0.25, -0.2) is 4.98 Å². The Kier molecular flexibility index (Phi) is 5.00. The molecule has 1 N–H and O–H groups in total. The molecule has 1 heterocycles. The summed E-state index contributed by atoms with van der Waals surface area (Å²) in [5.41, 5.74) is 1.23. The van der Waals surface area contributed by atoms with Gasteiger partial charge < -0.3 is 10.2 Å². The molecule has 1 aromatic rings. The normalized spacial score (nSPS) is 15.7. The number of nitrogens with zero attached hydrogens (tertiary/aromatic N) is 3. The number of hydrogen-bond donors (Lipinski definition) is 1. The van der Waals surface area contributed by atoms with Gasteiger partial charge in [0.15, 0.2) is 0 Å².